The Morgan fingerprint density at radius 1 is 0.319 bits per heavy atom. The van der Waals surface area contributed by atoms with Gasteiger partial charge in [0.25, 0.3) is 0 Å². The van der Waals surface area contributed by atoms with E-state index in [-0.39, 0.29) is 29.7 Å². The van der Waals surface area contributed by atoms with Crippen LogP contribution in [0.3, 0.4) is 0 Å². The third kappa shape index (κ3) is 10.8. The largest absolute Gasteiger partial charge is 0.475 e. The molecule has 0 aliphatic rings. The molecule has 0 radical (unpaired) electrons. The highest BCUT2D eigenvalue weighted by Gasteiger charge is 2.53. The highest BCUT2D eigenvalue weighted by molar-refractivity contribution is 7.00. The van der Waals surface area contributed by atoms with E-state index < -0.39 is 45.7 Å². The molecule has 0 fully saturated rings. The van der Waals surface area contributed by atoms with Crippen LogP contribution >= 0.6 is 0 Å². The van der Waals surface area contributed by atoms with Gasteiger partial charge in [-0.25, -0.2) is 0 Å². The van der Waals surface area contributed by atoms with Crippen LogP contribution < -0.4 is 20.7 Å². The van der Waals surface area contributed by atoms with Gasteiger partial charge in [-0.05, 0) is 20.7 Å². The van der Waals surface area contributed by atoms with Crippen molar-refractivity contribution < 1.29 is 38.6 Å². The van der Waals surface area contributed by atoms with E-state index in [1.54, 1.807) is 35.5 Å². The second-order valence-corrected chi connectivity index (χ2v) is 21.8. The maximum atomic E-state index is 7.12. The van der Waals surface area contributed by atoms with Gasteiger partial charge in [-0.3, -0.25) is 0 Å². The molecule has 0 unspecified atom stereocenters. The first-order valence-electron chi connectivity index (χ1n) is 13.6. The Labute approximate surface area is 290 Å². The lowest BCUT2D eigenvalue weighted by atomic mass is 10.4. The summed E-state index contributed by atoms with van der Waals surface area (Å²) in [7, 11) is -7.60. The molecule has 4 aromatic rings. The molecule has 0 amide bonds. The maximum absolute atomic E-state index is 7.12. The molecule has 0 aromatic heterocycles. The average Bonchev–Trinajstić information content (AvgIpc) is 3.09. The van der Waals surface area contributed by atoms with Gasteiger partial charge in [-0.15, -0.1) is 0 Å². The molecular formula is C33H54O9Si5. The highest BCUT2D eigenvalue weighted by Crippen LogP contribution is 2.19. The molecule has 0 N–H and O–H groups in total. The number of benzene rings is 4. The molecule has 0 bridgehead atoms. The second-order valence-electron chi connectivity index (χ2n) is 9.21. The third-order valence-corrected chi connectivity index (χ3v) is 21.3. The fourth-order valence-corrected chi connectivity index (χ4v) is 21.3. The molecule has 0 saturated carbocycles. The Morgan fingerprint density at radius 2 is 0.511 bits per heavy atom. The molecule has 14 heteroatoms. The van der Waals surface area contributed by atoms with Crippen LogP contribution in [0.1, 0.15) is 29.7 Å². The van der Waals surface area contributed by atoms with Gasteiger partial charge in [-0.1, -0.05) is 151 Å². The minimum atomic E-state index is -3.56. The lowest BCUT2D eigenvalue weighted by Gasteiger charge is -2.39. The molecule has 0 aliphatic heterocycles. The Bertz CT molecular complexity index is 1160. The summed E-state index contributed by atoms with van der Waals surface area (Å²) in [4.78, 5) is 0. The van der Waals surface area contributed by atoms with Crippen molar-refractivity contribution in [3.63, 3.8) is 0 Å². The first kappa shape index (κ1) is 44.6. The summed E-state index contributed by atoms with van der Waals surface area (Å²) in [5.41, 5.74) is 0. The van der Waals surface area contributed by atoms with E-state index in [0.29, 0.717) is 0 Å². The SMILES string of the molecule is C.C.C.C.CO[SiH](OC)O[Si](O[SiH](OC)O[Si](O[SiH](OC)OC)(c1ccccc1)c1ccccc1)(c1ccccc1)c1ccccc1. The van der Waals surface area contributed by atoms with Gasteiger partial charge in [-0.2, -0.15) is 0 Å². The first-order valence-corrected chi connectivity index (χ1v) is 21.5. The van der Waals surface area contributed by atoms with E-state index in [0.717, 1.165) is 20.7 Å². The van der Waals surface area contributed by atoms with E-state index in [9.17, 15) is 0 Å². The second kappa shape index (κ2) is 22.3. The summed E-state index contributed by atoms with van der Waals surface area (Å²) in [6.45, 7) is 0. The van der Waals surface area contributed by atoms with Crippen molar-refractivity contribution in [1.29, 1.82) is 0 Å². The predicted octanol–water partition coefficient (Wildman–Crippen LogP) is 3.49. The van der Waals surface area contributed by atoms with Crippen LogP contribution in [0.15, 0.2) is 121 Å². The van der Waals surface area contributed by atoms with Gasteiger partial charge in [0.2, 0.25) is 0 Å². The molecular weight excluding hydrogens is 681 g/mol. The molecule has 0 atom stereocenters. The van der Waals surface area contributed by atoms with Crippen molar-refractivity contribution in [3.05, 3.63) is 121 Å². The zero-order valence-corrected chi connectivity index (χ0v) is 30.4. The number of hydrogen-bond donors (Lipinski definition) is 0. The van der Waals surface area contributed by atoms with Crippen LogP contribution in [0, 0.1) is 0 Å². The summed E-state index contributed by atoms with van der Waals surface area (Å²) >= 11 is 0. The average molecular weight is 735 g/mol. The lowest BCUT2D eigenvalue weighted by molar-refractivity contribution is 0.160. The summed E-state index contributed by atoms with van der Waals surface area (Å²) in [6, 6.07) is 39.4. The molecule has 4 aromatic carbocycles. The standard InChI is InChI=1S/C29H38O9Si5.4CH4/c1-30-39(31-2)35-42(26-18-10-6-11-19-26,27-20-12-7-13-21-27)37-41(34-5)38-43(36-40(32-3)33-4,28-22-14-8-15-23-28)29-24-16-9-17-25-29;;;;/h6-25,39-41H,1-5H3;4*1H4. The Balaban J connectivity index is 0.00000529. The highest BCUT2D eigenvalue weighted by atomic mass is 28.5. The molecule has 0 heterocycles. The van der Waals surface area contributed by atoms with Gasteiger partial charge in [0.15, 0.2) is 0 Å². The van der Waals surface area contributed by atoms with Crippen molar-refractivity contribution in [3.8, 4) is 0 Å². The van der Waals surface area contributed by atoms with Crippen molar-refractivity contribution in [1.82, 2.24) is 0 Å². The van der Waals surface area contributed by atoms with Crippen LogP contribution in [0.5, 0.6) is 0 Å². The zero-order chi connectivity index (χ0) is 30.5. The van der Waals surface area contributed by atoms with Crippen LogP contribution in [-0.4, -0.2) is 81.3 Å². The van der Waals surface area contributed by atoms with E-state index in [2.05, 4.69) is 0 Å². The van der Waals surface area contributed by atoms with Crippen molar-refractivity contribution >= 4 is 66.5 Å². The lowest BCUT2D eigenvalue weighted by Crippen LogP contribution is -2.72. The normalized spacial score (nSPS) is 11.3. The molecule has 260 valence electrons. The molecule has 47 heavy (non-hydrogen) atoms. The maximum Gasteiger partial charge on any atom is 0.475 e. The molecule has 0 spiro atoms. The van der Waals surface area contributed by atoms with Crippen LogP contribution in [0.2, 0.25) is 0 Å². The Morgan fingerprint density at radius 3 is 0.702 bits per heavy atom. The van der Waals surface area contributed by atoms with E-state index in [1.807, 2.05) is 121 Å². The predicted molar refractivity (Wildman–Crippen MR) is 204 cm³/mol. The summed E-state index contributed by atoms with van der Waals surface area (Å²) < 4.78 is 56.7. The zero-order valence-electron chi connectivity index (χ0n) is 25.0. The fraction of sp³-hybridized carbons (Fsp3) is 0.273. The van der Waals surface area contributed by atoms with Gasteiger partial charge in [0.1, 0.15) is 0 Å². The fourth-order valence-electron chi connectivity index (χ4n) is 4.61. The minimum Gasteiger partial charge on any atom is -0.390 e. The topological polar surface area (TPSA) is 83.1 Å². The molecule has 0 aliphatic carbocycles. The van der Waals surface area contributed by atoms with Crippen molar-refractivity contribution in [2.45, 2.75) is 29.7 Å². The summed E-state index contributed by atoms with van der Waals surface area (Å²) in [5.74, 6) is 0. The quantitative estimate of drug-likeness (QED) is 0.152. The smallest absolute Gasteiger partial charge is 0.390 e. The van der Waals surface area contributed by atoms with Gasteiger partial charge in [0, 0.05) is 35.5 Å². The number of hydrogen-bond acceptors (Lipinski definition) is 9. The van der Waals surface area contributed by atoms with E-state index in [4.69, 9.17) is 38.6 Å². The molecule has 9 nitrogen and oxygen atoms in total. The van der Waals surface area contributed by atoms with Crippen LogP contribution in [0.25, 0.3) is 0 Å². The van der Waals surface area contributed by atoms with Crippen LogP contribution in [-0.2, 0) is 38.6 Å². The van der Waals surface area contributed by atoms with Gasteiger partial charge < -0.3 is 38.6 Å². The summed E-state index contributed by atoms with van der Waals surface area (Å²) in [5, 5.41) is 3.44. The third-order valence-electron chi connectivity index (χ3n) is 6.63. The minimum absolute atomic E-state index is 0. The Kier molecular flexibility index (Phi) is 21.1. The van der Waals surface area contributed by atoms with Crippen molar-refractivity contribution in [2.24, 2.45) is 0 Å². The van der Waals surface area contributed by atoms with E-state index >= 15 is 0 Å². The van der Waals surface area contributed by atoms with E-state index in [1.165, 1.54) is 0 Å². The van der Waals surface area contributed by atoms with Gasteiger partial charge in [0.05, 0.1) is 0 Å². The van der Waals surface area contributed by atoms with Gasteiger partial charge >= 0.3 is 45.7 Å². The first-order chi connectivity index (χ1) is 21.0. The summed E-state index contributed by atoms with van der Waals surface area (Å²) in [6.07, 6.45) is 0. The molecule has 0 saturated heterocycles. The monoisotopic (exact) mass is 734 g/mol. The molecule has 4 rings (SSSR count). The number of rotatable bonds is 17. The Hall–Kier alpha value is -2.40. The van der Waals surface area contributed by atoms with Crippen LogP contribution in [0.4, 0.5) is 0 Å². The van der Waals surface area contributed by atoms with Crippen molar-refractivity contribution in [2.75, 3.05) is 35.5 Å².